The molecule has 0 bridgehead atoms. The van der Waals surface area contributed by atoms with Crippen LogP contribution in [0.15, 0.2) is 33.9 Å². The number of aromatic nitrogens is 2. The van der Waals surface area contributed by atoms with Crippen molar-refractivity contribution in [2.45, 2.75) is 6.54 Å². The molecule has 0 unspecified atom stereocenters. The number of anilines is 1. The number of aromatic carboxylic acids is 1. The van der Waals surface area contributed by atoms with Crippen LogP contribution in [-0.2, 0) is 11.3 Å². The number of nitrogens with one attached hydrogen (secondary N) is 2. The summed E-state index contributed by atoms with van der Waals surface area (Å²) in [6.07, 6.45) is 0. The van der Waals surface area contributed by atoms with E-state index in [9.17, 15) is 19.2 Å². The van der Waals surface area contributed by atoms with Crippen molar-refractivity contribution in [1.29, 1.82) is 0 Å². The van der Waals surface area contributed by atoms with E-state index in [1.54, 1.807) is 0 Å². The summed E-state index contributed by atoms with van der Waals surface area (Å²) in [5, 5.41) is 13.8. The SMILES string of the molecule is O=C(Cn1[nH]c(=O)ccc1=O)Nc1ccc(C(=O)O)s1. The first-order chi connectivity index (χ1) is 9.45. The van der Waals surface area contributed by atoms with Crippen LogP contribution in [0.1, 0.15) is 9.67 Å². The lowest BCUT2D eigenvalue weighted by Crippen LogP contribution is -2.32. The van der Waals surface area contributed by atoms with Crippen molar-refractivity contribution in [2.75, 3.05) is 5.32 Å². The highest BCUT2D eigenvalue weighted by atomic mass is 32.1. The minimum absolute atomic E-state index is 0.0885. The van der Waals surface area contributed by atoms with Gasteiger partial charge in [-0.25, -0.2) is 9.48 Å². The van der Waals surface area contributed by atoms with E-state index in [1.807, 2.05) is 0 Å². The molecule has 0 atom stereocenters. The molecule has 3 N–H and O–H groups in total. The van der Waals surface area contributed by atoms with Crippen LogP contribution in [0, 0.1) is 0 Å². The van der Waals surface area contributed by atoms with Gasteiger partial charge in [0.25, 0.3) is 11.1 Å². The first-order valence-electron chi connectivity index (χ1n) is 5.39. The minimum atomic E-state index is -1.08. The van der Waals surface area contributed by atoms with Crippen molar-refractivity contribution in [3.05, 3.63) is 49.9 Å². The molecule has 0 aliphatic carbocycles. The normalized spacial score (nSPS) is 10.2. The molecule has 0 aromatic carbocycles. The van der Waals surface area contributed by atoms with E-state index in [0.717, 1.165) is 28.2 Å². The van der Waals surface area contributed by atoms with Crippen LogP contribution in [0.25, 0.3) is 0 Å². The maximum Gasteiger partial charge on any atom is 0.345 e. The Bertz CT molecular complexity index is 773. The average molecular weight is 295 g/mol. The Morgan fingerprint density at radius 3 is 2.65 bits per heavy atom. The second kappa shape index (κ2) is 5.53. The third-order valence-corrected chi connectivity index (χ3v) is 3.26. The van der Waals surface area contributed by atoms with Crippen LogP contribution >= 0.6 is 11.3 Å². The molecule has 20 heavy (non-hydrogen) atoms. The van der Waals surface area contributed by atoms with Gasteiger partial charge in [0.05, 0.1) is 5.00 Å². The molecule has 104 valence electrons. The van der Waals surface area contributed by atoms with Gasteiger partial charge in [0.1, 0.15) is 11.4 Å². The van der Waals surface area contributed by atoms with E-state index in [1.165, 1.54) is 12.1 Å². The largest absolute Gasteiger partial charge is 0.477 e. The predicted octanol–water partition coefficient (Wildman–Crippen LogP) is -0.0650. The number of carbonyl (C=O) groups is 2. The van der Waals surface area contributed by atoms with Crippen LogP contribution in [-0.4, -0.2) is 26.8 Å². The van der Waals surface area contributed by atoms with E-state index >= 15 is 0 Å². The fraction of sp³-hybridized carbons (Fsp3) is 0.0909. The Morgan fingerprint density at radius 2 is 2.00 bits per heavy atom. The summed E-state index contributed by atoms with van der Waals surface area (Å²) < 4.78 is 0.864. The van der Waals surface area contributed by atoms with Gasteiger partial charge in [0, 0.05) is 12.1 Å². The van der Waals surface area contributed by atoms with E-state index in [2.05, 4.69) is 10.4 Å². The lowest BCUT2D eigenvalue weighted by atomic mass is 10.4. The quantitative estimate of drug-likeness (QED) is 0.729. The number of aromatic amines is 1. The predicted molar refractivity (Wildman–Crippen MR) is 71.2 cm³/mol. The third-order valence-electron chi connectivity index (χ3n) is 2.27. The lowest BCUT2D eigenvalue weighted by Gasteiger charge is -2.04. The van der Waals surface area contributed by atoms with Crippen molar-refractivity contribution < 1.29 is 14.7 Å². The zero-order chi connectivity index (χ0) is 14.7. The number of H-pyrrole nitrogens is 1. The van der Waals surface area contributed by atoms with Gasteiger partial charge in [-0.05, 0) is 12.1 Å². The number of carbonyl (C=O) groups excluding carboxylic acids is 1. The zero-order valence-corrected chi connectivity index (χ0v) is 10.8. The third kappa shape index (κ3) is 3.20. The number of hydrogen-bond donors (Lipinski definition) is 3. The molecular formula is C11H9N3O5S. The maximum absolute atomic E-state index is 11.7. The maximum atomic E-state index is 11.7. The second-order valence-electron chi connectivity index (χ2n) is 3.75. The highest BCUT2D eigenvalue weighted by molar-refractivity contribution is 7.18. The summed E-state index contributed by atoms with van der Waals surface area (Å²) in [5.41, 5.74) is -1.01. The molecule has 0 radical (unpaired) electrons. The Balaban J connectivity index is 2.08. The standard InChI is InChI=1S/C11H9N3O5S/c15-7-2-4-10(17)14(13-7)5-8(16)12-9-3-1-6(20-9)11(18)19/h1-4H,5H2,(H,12,16)(H,13,15)(H,18,19). The summed E-state index contributed by atoms with van der Waals surface area (Å²) in [7, 11) is 0. The van der Waals surface area contributed by atoms with Gasteiger partial charge >= 0.3 is 5.97 Å². The molecule has 2 heterocycles. The molecule has 2 aromatic heterocycles. The molecule has 8 nitrogen and oxygen atoms in total. The number of nitrogens with zero attached hydrogens (tertiary/aromatic N) is 1. The molecule has 2 rings (SSSR count). The number of rotatable bonds is 4. The Hall–Kier alpha value is -2.68. The van der Waals surface area contributed by atoms with Crippen LogP contribution in [0.2, 0.25) is 0 Å². The topological polar surface area (TPSA) is 121 Å². The molecule has 9 heteroatoms. The average Bonchev–Trinajstić information content (AvgIpc) is 2.82. The van der Waals surface area contributed by atoms with Gasteiger partial charge in [-0.15, -0.1) is 11.3 Å². The number of carboxylic acids is 1. The van der Waals surface area contributed by atoms with Crippen molar-refractivity contribution >= 4 is 28.2 Å². The fourth-order valence-electron chi connectivity index (χ4n) is 1.42. The van der Waals surface area contributed by atoms with E-state index in [4.69, 9.17) is 5.11 Å². The van der Waals surface area contributed by atoms with E-state index in [0.29, 0.717) is 5.00 Å². The van der Waals surface area contributed by atoms with Gasteiger partial charge in [-0.1, -0.05) is 0 Å². The van der Waals surface area contributed by atoms with Crippen molar-refractivity contribution in [1.82, 2.24) is 9.78 Å². The summed E-state index contributed by atoms with van der Waals surface area (Å²) >= 11 is 0.896. The fourth-order valence-corrected chi connectivity index (χ4v) is 2.18. The Morgan fingerprint density at radius 1 is 1.25 bits per heavy atom. The van der Waals surface area contributed by atoms with E-state index in [-0.39, 0.29) is 11.4 Å². The summed E-state index contributed by atoms with van der Waals surface area (Å²) in [6, 6.07) is 4.93. The molecule has 2 aromatic rings. The molecule has 1 amide bonds. The second-order valence-corrected chi connectivity index (χ2v) is 4.83. The number of amides is 1. The summed E-state index contributed by atoms with van der Waals surface area (Å²) in [4.78, 5) is 44.9. The van der Waals surface area contributed by atoms with Crippen molar-refractivity contribution in [3.8, 4) is 0 Å². The van der Waals surface area contributed by atoms with Crippen molar-refractivity contribution in [2.24, 2.45) is 0 Å². The first kappa shape index (κ1) is 13.7. The molecule has 0 saturated carbocycles. The number of carboxylic acid groups (broad SMARTS) is 1. The molecule has 0 fully saturated rings. The molecule has 0 spiro atoms. The van der Waals surface area contributed by atoms with Gasteiger partial charge < -0.3 is 10.4 Å². The smallest absolute Gasteiger partial charge is 0.345 e. The molecular weight excluding hydrogens is 286 g/mol. The van der Waals surface area contributed by atoms with Crippen LogP contribution in [0.5, 0.6) is 0 Å². The van der Waals surface area contributed by atoms with E-state index < -0.39 is 23.0 Å². The van der Waals surface area contributed by atoms with Crippen molar-refractivity contribution in [3.63, 3.8) is 0 Å². The molecule has 0 aliphatic rings. The first-order valence-corrected chi connectivity index (χ1v) is 6.20. The number of hydrogen-bond acceptors (Lipinski definition) is 5. The number of thiophene rings is 1. The summed E-state index contributed by atoms with van der Waals surface area (Å²) in [5.74, 6) is -1.63. The Labute approximate surface area is 115 Å². The highest BCUT2D eigenvalue weighted by Crippen LogP contribution is 2.21. The van der Waals surface area contributed by atoms with Crippen LogP contribution in [0.3, 0.4) is 0 Å². The van der Waals surface area contributed by atoms with Gasteiger partial charge in [0.15, 0.2) is 0 Å². The van der Waals surface area contributed by atoms with Crippen LogP contribution in [0.4, 0.5) is 5.00 Å². The monoisotopic (exact) mass is 295 g/mol. The highest BCUT2D eigenvalue weighted by Gasteiger charge is 2.10. The van der Waals surface area contributed by atoms with Gasteiger partial charge in [-0.2, -0.15) is 0 Å². The zero-order valence-electron chi connectivity index (χ0n) is 9.95. The molecule has 0 saturated heterocycles. The summed E-state index contributed by atoms with van der Waals surface area (Å²) in [6.45, 7) is -0.366. The van der Waals surface area contributed by atoms with Gasteiger partial charge in [0.2, 0.25) is 5.91 Å². The Kier molecular flexibility index (Phi) is 3.80. The van der Waals surface area contributed by atoms with Gasteiger partial charge in [-0.3, -0.25) is 19.5 Å². The minimum Gasteiger partial charge on any atom is -0.477 e. The lowest BCUT2D eigenvalue weighted by molar-refractivity contribution is -0.117. The molecule has 0 aliphatic heterocycles. The van der Waals surface area contributed by atoms with Crippen LogP contribution < -0.4 is 16.4 Å².